The third kappa shape index (κ3) is 3.45. The van der Waals surface area contributed by atoms with Gasteiger partial charge in [-0.3, -0.25) is 14.7 Å². The Morgan fingerprint density at radius 1 is 1.21 bits per heavy atom. The van der Waals surface area contributed by atoms with E-state index >= 15 is 0 Å². The summed E-state index contributed by atoms with van der Waals surface area (Å²) in [4.78, 5) is 40.5. The highest BCUT2D eigenvalue weighted by molar-refractivity contribution is 6.07. The van der Waals surface area contributed by atoms with Crippen molar-refractivity contribution in [3.8, 4) is 0 Å². The zero-order valence-corrected chi connectivity index (χ0v) is 17.0. The molecule has 4 heterocycles. The first-order chi connectivity index (χ1) is 13.9. The van der Waals surface area contributed by atoms with Crippen LogP contribution in [0, 0.1) is 12.8 Å². The maximum Gasteiger partial charge on any atom is 0.328 e. The van der Waals surface area contributed by atoms with Crippen molar-refractivity contribution in [1.29, 1.82) is 0 Å². The summed E-state index contributed by atoms with van der Waals surface area (Å²) in [5, 5.41) is 3.98. The van der Waals surface area contributed by atoms with Crippen LogP contribution in [0.2, 0.25) is 0 Å². The summed E-state index contributed by atoms with van der Waals surface area (Å²) < 4.78 is 5.08. The molecule has 2 aromatic rings. The van der Waals surface area contributed by atoms with Crippen LogP contribution in [-0.2, 0) is 11.3 Å². The van der Waals surface area contributed by atoms with Crippen molar-refractivity contribution < 1.29 is 14.1 Å². The molecule has 0 aliphatic carbocycles. The number of hydrogen-bond donors (Lipinski definition) is 0. The number of aryl methyl sites for hydroxylation is 1. The maximum absolute atomic E-state index is 13.5. The highest BCUT2D eigenvalue weighted by Crippen LogP contribution is 2.39. The van der Waals surface area contributed by atoms with E-state index in [2.05, 4.69) is 29.0 Å². The Kier molecular flexibility index (Phi) is 4.97. The van der Waals surface area contributed by atoms with Crippen LogP contribution in [-0.4, -0.2) is 62.0 Å². The molecule has 2 saturated heterocycles. The summed E-state index contributed by atoms with van der Waals surface area (Å²) in [5.74, 6) is 1.18. The van der Waals surface area contributed by atoms with Gasteiger partial charge in [-0.15, -0.1) is 0 Å². The molecule has 29 heavy (non-hydrogen) atoms. The van der Waals surface area contributed by atoms with Crippen LogP contribution in [0.25, 0.3) is 0 Å². The van der Waals surface area contributed by atoms with Crippen molar-refractivity contribution in [2.45, 2.75) is 45.7 Å². The number of aromatic nitrogens is 3. The topological polar surface area (TPSA) is 95.7 Å². The van der Waals surface area contributed by atoms with Crippen molar-refractivity contribution >= 4 is 17.9 Å². The van der Waals surface area contributed by atoms with Gasteiger partial charge in [0.15, 0.2) is 0 Å². The van der Waals surface area contributed by atoms with Gasteiger partial charge in [-0.2, -0.15) is 4.98 Å². The Bertz CT molecular complexity index is 889. The summed E-state index contributed by atoms with van der Waals surface area (Å²) in [6.07, 6.45) is 2.75. The van der Waals surface area contributed by atoms with Crippen molar-refractivity contribution in [3.05, 3.63) is 36.0 Å². The van der Waals surface area contributed by atoms with E-state index in [0.717, 1.165) is 0 Å². The quantitative estimate of drug-likeness (QED) is 0.713. The minimum absolute atomic E-state index is 0.127. The van der Waals surface area contributed by atoms with Crippen LogP contribution in [0.4, 0.5) is 10.7 Å². The number of hydrogen-bond acceptors (Lipinski definition) is 7. The van der Waals surface area contributed by atoms with Crippen LogP contribution in [0.1, 0.15) is 38.3 Å². The van der Waals surface area contributed by atoms with Gasteiger partial charge in [-0.05, 0) is 36.0 Å². The van der Waals surface area contributed by atoms with Crippen molar-refractivity contribution in [1.82, 2.24) is 24.9 Å². The van der Waals surface area contributed by atoms with Crippen LogP contribution >= 0.6 is 0 Å². The first-order valence-electron chi connectivity index (χ1n) is 9.99. The molecule has 0 saturated carbocycles. The first kappa shape index (κ1) is 19.4. The van der Waals surface area contributed by atoms with E-state index in [1.807, 2.05) is 23.1 Å². The molecule has 154 valence electrons. The van der Waals surface area contributed by atoms with E-state index in [-0.39, 0.29) is 24.4 Å². The van der Waals surface area contributed by atoms with E-state index < -0.39 is 5.54 Å². The zero-order valence-electron chi connectivity index (χ0n) is 17.0. The normalized spacial score (nSPS) is 19.1. The molecule has 1 spiro atoms. The minimum atomic E-state index is -0.814. The molecule has 9 nitrogen and oxygen atoms in total. The number of amides is 3. The van der Waals surface area contributed by atoms with Crippen LogP contribution in [0.3, 0.4) is 0 Å². The fourth-order valence-corrected chi connectivity index (χ4v) is 4.17. The van der Waals surface area contributed by atoms with Gasteiger partial charge in [0.2, 0.25) is 5.89 Å². The maximum atomic E-state index is 13.5. The predicted molar refractivity (Wildman–Crippen MR) is 105 cm³/mol. The van der Waals surface area contributed by atoms with Gasteiger partial charge < -0.3 is 14.3 Å². The molecular weight excluding hydrogens is 372 g/mol. The molecule has 2 aliphatic heterocycles. The van der Waals surface area contributed by atoms with Crippen LogP contribution < -0.4 is 4.90 Å². The van der Waals surface area contributed by atoms with E-state index in [0.29, 0.717) is 50.0 Å². The smallest absolute Gasteiger partial charge is 0.328 e. The number of carbonyl (C=O) groups excluding carboxylic acids is 2. The Hall–Kier alpha value is -2.97. The monoisotopic (exact) mass is 398 g/mol. The van der Waals surface area contributed by atoms with E-state index in [1.165, 1.54) is 4.90 Å². The number of nitrogens with zero attached hydrogens (tertiary/aromatic N) is 6. The second-order valence-electron chi connectivity index (χ2n) is 8.13. The molecule has 2 fully saturated rings. The Morgan fingerprint density at radius 2 is 1.97 bits per heavy atom. The SMILES string of the molecule is Cc1nc(N2CCC3(CC2)C(=O)N(Cc2ccccn2)C(=O)N3CC(C)C)no1. The number of rotatable bonds is 5. The fourth-order valence-electron chi connectivity index (χ4n) is 4.17. The number of anilines is 1. The molecule has 4 rings (SSSR count). The van der Waals surface area contributed by atoms with Gasteiger partial charge in [0.05, 0.1) is 12.2 Å². The molecule has 3 amide bonds. The van der Waals surface area contributed by atoms with Gasteiger partial charge in [0, 0.05) is 32.8 Å². The molecule has 0 atom stereocenters. The van der Waals surface area contributed by atoms with Crippen molar-refractivity contribution in [2.24, 2.45) is 5.92 Å². The summed E-state index contributed by atoms with van der Waals surface area (Å²) in [6.45, 7) is 7.79. The Morgan fingerprint density at radius 3 is 2.55 bits per heavy atom. The van der Waals surface area contributed by atoms with E-state index in [1.54, 1.807) is 18.0 Å². The lowest BCUT2D eigenvalue weighted by molar-refractivity contribution is -0.134. The summed E-state index contributed by atoms with van der Waals surface area (Å²) >= 11 is 0. The second kappa shape index (κ2) is 7.46. The van der Waals surface area contributed by atoms with Gasteiger partial charge >= 0.3 is 6.03 Å². The lowest BCUT2D eigenvalue weighted by Crippen LogP contribution is -2.57. The number of urea groups is 1. The lowest BCUT2D eigenvalue weighted by atomic mass is 9.85. The van der Waals surface area contributed by atoms with E-state index in [9.17, 15) is 9.59 Å². The highest BCUT2D eigenvalue weighted by atomic mass is 16.5. The molecule has 0 unspecified atom stereocenters. The summed E-state index contributed by atoms with van der Waals surface area (Å²) in [5.41, 5.74) is -0.110. The first-order valence-corrected chi connectivity index (χ1v) is 9.99. The molecule has 2 aromatic heterocycles. The lowest BCUT2D eigenvalue weighted by Gasteiger charge is -2.42. The average molecular weight is 398 g/mol. The summed E-state index contributed by atoms with van der Waals surface area (Å²) in [6, 6.07) is 5.29. The predicted octanol–water partition coefficient (Wildman–Crippen LogP) is 2.23. The minimum Gasteiger partial charge on any atom is -0.338 e. The number of pyridine rings is 1. The van der Waals surface area contributed by atoms with Gasteiger partial charge in [-0.1, -0.05) is 19.9 Å². The molecule has 9 heteroatoms. The molecular formula is C20H26N6O3. The van der Waals surface area contributed by atoms with Gasteiger partial charge in [0.1, 0.15) is 5.54 Å². The van der Waals surface area contributed by atoms with Crippen LogP contribution in [0.5, 0.6) is 0 Å². The zero-order chi connectivity index (χ0) is 20.6. The molecule has 0 N–H and O–H groups in total. The van der Waals surface area contributed by atoms with Crippen LogP contribution in [0.15, 0.2) is 28.9 Å². The largest absolute Gasteiger partial charge is 0.338 e. The van der Waals surface area contributed by atoms with Gasteiger partial charge in [0.25, 0.3) is 11.9 Å². The molecule has 0 bridgehead atoms. The molecule has 2 aliphatic rings. The number of imide groups is 1. The number of carbonyl (C=O) groups is 2. The molecule has 0 aromatic carbocycles. The molecule has 0 radical (unpaired) electrons. The third-order valence-electron chi connectivity index (χ3n) is 5.61. The van der Waals surface area contributed by atoms with Crippen molar-refractivity contribution in [2.75, 3.05) is 24.5 Å². The van der Waals surface area contributed by atoms with E-state index in [4.69, 9.17) is 4.52 Å². The Labute approximate surface area is 169 Å². The Balaban J connectivity index is 1.58. The van der Waals surface area contributed by atoms with Gasteiger partial charge in [-0.25, -0.2) is 4.79 Å². The average Bonchev–Trinajstić information content (AvgIpc) is 3.22. The van der Waals surface area contributed by atoms with Crippen molar-refractivity contribution in [3.63, 3.8) is 0 Å². The summed E-state index contributed by atoms with van der Waals surface area (Å²) in [7, 11) is 0. The third-order valence-corrected chi connectivity index (χ3v) is 5.61. The highest BCUT2D eigenvalue weighted by Gasteiger charge is 2.58. The fraction of sp³-hybridized carbons (Fsp3) is 0.550. The number of piperidine rings is 1. The second-order valence-corrected chi connectivity index (χ2v) is 8.13. The standard InChI is InChI=1S/C20H26N6O3/c1-14(2)12-26-19(28)25(13-16-6-4-5-9-21-16)17(27)20(26)7-10-24(11-8-20)18-22-15(3)29-23-18/h4-6,9,14H,7-8,10-13H2,1-3H3.